The number of aromatic nitrogens is 3. The number of phosphoric acid groups is 1. The third-order valence-electron chi connectivity index (χ3n) is 10.2. The van der Waals surface area contributed by atoms with E-state index in [9.17, 15) is 9.36 Å². The van der Waals surface area contributed by atoms with Crippen LogP contribution in [0.1, 0.15) is 46.1 Å². The fourth-order valence-corrected chi connectivity index (χ4v) is 8.88. The molecule has 1 N–H and O–H groups in total. The van der Waals surface area contributed by atoms with Crippen molar-refractivity contribution >= 4 is 41.2 Å². The maximum absolute atomic E-state index is 17.5. The van der Waals surface area contributed by atoms with Crippen LogP contribution in [0.3, 0.4) is 0 Å². The number of nitrogens with zero attached hydrogens (tertiary/aromatic N) is 5. The molecular weight excluding hydrogens is 785 g/mol. The highest BCUT2D eigenvalue weighted by Crippen LogP contribution is 2.53. The number of benzene rings is 2. The number of phosphoric ester groups is 1. The quantitative estimate of drug-likeness (QED) is 0.0797. The van der Waals surface area contributed by atoms with Crippen molar-refractivity contribution in [3.05, 3.63) is 60.3 Å². The smallest absolute Gasteiger partial charge is 0.463 e. The van der Waals surface area contributed by atoms with Gasteiger partial charge in [-0.05, 0) is 70.2 Å². The van der Waals surface area contributed by atoms with Gasteiger partial charge in [-0.15, -0.1) is 6.42 Å². The molecule has 1 aliphatic carbocycles. The second-order valence-corrected chi connectivity index (χ2v) is 17.1. The summed E-state index contributed by atoms with van der Waals surface area (Å²) in [5, 5.41) is 3.66. The standard InChI is InChI=1S/C42H49F2N6O8P/c1-7-31-34(43)10-9-28-19-30(58-59(52,56-26(3)4)57-27(5)6)20-32(36(28)31)38-37(44)39-33(21-45-38)40(50-15-18-54-23-29(22-50)46-35(51)8-2)48-41(47-39)55-25-42(11-12-42)24-49-13-16-53-17-14-49/h1,8-10,19-21,26-27,29H,2,11-18,22-25H2,3-6H3,(H,46,51)/t29-/m0/s1. The average molecular weight is 835 g/mol. The molecule has 3 fully saturated rings. The Labute approximate surface area is 342 Å². The van der Waals surface area contributed by atoms with E-state index in [0.717, 1.165) is 32.5 Å². The van der Waals surface area contributed by atoms with Gasteiger partial charge in [-0.1, -0.05) is 18.6 Å². The van der Waals surface area contributed by atoms with Gasteiger partial charge in [0.25, 0.3) is 0 Å². The van der Waals surface area contributed by atoms with Crippen LogP contribution in [0.15, 0.2) is 43.1 Å². The first kappa shape index (κ1) is 42.4. The molecule has 0 unspecified atom stereocenters. The van der Waals surface area contributed by atoms with Crippen LogP contribution >= 0.6 is 7.82 Å². The van der Waals surface area contributed by atoms with Gasteiger partial charge in [0.2, 0.25) is 5.91 Å². The minimum absolute atomic E-state index is 0.0208. The van der Waals surface area contributed by atoms with E-state index in [0.29, 0.717) is 44.2 Å². The number of carbonyl (C=O) groups excluding carboxylic acids is 1. The van der Waals surface area contributed by atoms with Gasteiger partial charge in [0.15, 0.2) is 5.82 Å². The fraction of sp³-hybridized carbons (Fsp3) is 0.476. The van der Waals surface area contributed by atoms with Crippen molar-refractivity contribution in [2.75, 3.05) is 70.7 Å². The van der Waals surface area contributed by atoms with Crippen molar-refractivity contribution in [3.8, 4) is 35.4 Å². The summed E-state index contributed by atoms with van der Waals surface area (Å²) in [6, 6.07) is 5.02. The maximum atomic E-state index is 17.5. The molecule has 14 nitrogen and oxygen atoms in total. The van der Waals surface area contributed by atoms with Crippen LogP contribution < -0.4 is 19.5 Å². The van der Waals surface area contributed by atoms with E-state index >= 15 is 8.78 Å². The van der Waals surface area contributed by atoms with E-state index < -0.39 is 37.7 Å². The van der Waals surface area contributed by atoms with Gasteiger partial charge in [-0.2, -0.15) is 9.97 Å². The van der Waals surface area contributed by atoms with Gasteiger partial charge >= 0.3 is 13.8 Å². The summed E-state index contributed by atoms with van der Waals surface area (Å²) in [5.41, 5.74) is -0.562. The molecule has 2 aromatic heterocycles. The Morgan fingerprint density at radius 2 is 1.83 bits per heavy atom. The highest BCUT2D eigenvalue weighted by atomic mass is 31.2. The lowest BCUT2D eigenvalue weighted by atomic mass is 9.96. The van der Waals surface area contributed by atoms with Crippen LogP contribution in [-0.2, 0) is 27.9 Å². The number of rotatable bonds is 15. The zero-order valence-corrected chi connectivity index (χ0v) is 34.6. The molecule has 314 valence electrons. The van der Waals surface area contributed by atoms with Crippen molar-refractivity contribution < 1.29 is 45.9 Å². The Balaban J connectivity index is 1.35. The molecule has 1 amide bonds. The summed E-state index contributed by atoms with van der Waals surface area (Å²) < 4.78 is 81.6. The summed E-state index contributed by atoms with van der Waals surface area (Å²) in [4.78, 5) is 30.6. The molecule has 2 saturated heterocycles. The van der Waals surface area contributed by atoms with Crippen LogP contribution in [-0.4, -0.2) is 110 Å². The van der Waals surface area contributed by atoms with Crippen LogP contribution in [0.25, 0.3) is 32.9 Å². The number of pyridine rings is 1. The third-order valence-corrected chi connectivity index (χ3v) is 12.0. The fourth-order valence-electron chi connectivity index (χ4n) is 7.35. The summed E-state index contributed by atoms with van der Waals surface area (Å²) in [5.74, 6) is 0.746. The summed E-state index contributed by atoms with van der Waals surface area (Å²) in [6.45, 7) is 15.6. The minimum Gasteiger partial charge on any atom is -0.463 e. The molecule has 3 aliphatic rings. The van der Waals surface area contributed by atoms with Crippen molar-refractivity contribution in [3.63, 3.8) is 0 Å². The number of amides is 1. The number of nitrogens with one attached hydrogen (secondary N) is 1. The predicted octanol–water partition coefficient (Wildman–Crippen LogP) is 6.44. The summed E-state index contributed by atoms with van der Waals surface area (Å²) in [6.07, 6.45) is 9.30. The predicted molar refractivity (Wildman–Crippen MR) is 218 cm³/mol. The number of terminal acetylenes is 1. The second kappa shape index (κ2) is 17.8. The molecule has 2 aromatic carbocycles. The minimum atomic E-state index is -4.22. The Hall–Kier alpha value is -4.75. The molecule has 1 saturated carbocycles. The molecule has 4 aromatic rings. The van der Waals surface area contributed by atoms with E-state index in [1.807, 2.05) is 4.90 Å². The van der Waals surface area contributed by atoms with E-state index in [1.54, 1.807) is 27.7 Å². The Morgan fingerprint density at radius 1 is 1.10 bits per heavy atom. The molecule has 59 heavy (non-hydrogen) atoms. The zero-order chi connectivity index (χ0) is 41.9. The van der Waals surface area contributed by atoms with E-state index in [1.165, 1.54) is 36.5 Å². The normalized spacial score (nSPS) is 18.5. The highest BCUT2D eigenvalue weighted by molar-refractivity contribution is 7.49. The molecule has 1 atom stereocenters. The first-order valence-electron chi connectivity index (χ1n) is 19.7. The van der Waals surface area contributed by atoms with Crippen LogP contribution in [0.5, 0.6) is 11.8 Å². The number of hydrogen-bond acceptors (Lipinski definition) is 13. The number of carbonyl (C=O) groups is 1. The number of halogens is 2. The first-order chi connectivity index (χ1) is 28.3. The topological polar surface area (TPSA) is 147 Å². The molecule has 0 spiro atoms. The van der Waals surface area contributed by atoms with Crippen molar-refractivity contribution in [1.29, 1.82) is 0 Å². The maximum Gasteiger partial charge on any atom is 0.530 e. The van der Waals surface area contributed by atoms with E-state index in [4.69, 9.17) is 39.2 Å². The Kier molecular flexibility index (Phi) is 12.8. The zero-order valence-electron chi connectivity index (χ0n) is 33.7. The number of morpholine rings is 1. The third kappa shape index (κ3) is 9.84. The number of anilines is 1. The van der Waals surface area contributed by atoms with Crippen LogP contribution in [0, 0.1) is 29.4 Å². The number of fused-ring (bicyclic) bond motifs is 2. The van der Waals surface area contributed by atoms with Gasteiger partial charge in [0.1, 0.15) is 28.6 Å². The van der Waals surface area contributed by atoms with Gasteiger partial charge < -0.3 is 29.0 Å². The lowest BCUT2D eigenvalue weighted by molar-refractivity contribution is -0.117. The summed E-state index contributed by atoms with van der Waals surface area (Å²) in [7, 11) is -4.22. The van der Waals surface area contributed by atoms with Crippen molar-refractivity contribution in [1.82, 2.24) is 25.2 Å². The molecule has 4 heterocycles. The van der Waals surface area contributed by atoms with E-state index in [2.05, 4.69) is 32.7 Å². The van der Waals surface area contributed by atoms with Crippen molar-refractivity contribution in [2.24, 2.45) is 5.41 Å². The highest BCUT2D eigenvalue weighted by Gasteiger charge is 2.45. The van der Waals surface area contributed by atoms with Gasteiger partial charge in [0.05, 0.1) is 62.2 Å². The molecule has 0 radical (unpaired) electrons. The SMILES string of the molecule is C#Cc1c(F)ccc2cc(OP(=O)(OC(C)C)OC(C)C)cc(-c3ncc4c(N5CCOC[C@@H](NC(=O)C=C)C5)nc(OCC5(CN6CCOCC6)CC5)nc4c3F)c12. The molecule has 2 aliphatic heterocycles. The second-order valence-electron chi connectivity index (χ2n) is 15.6. The molecular formula is C42H49F2N6O8P. The Morgan fingerprint density at radius 3 is 2.51 bits per heavy atom. The molecule has 0 bridgehead atoms. The van der Waals surface area contributed by atoms with Gasteiger partial charge in [-0.3, -0.25) is 23.7 Å². The first-order valence-corrected chi connectivity index (χ1v) is 21.2. The van der Waals surface area contributed by atoms with E-state index in [-0.39, 0.29) is 69.3 Å². The van der Waals surface area contributed by atoms with Gasteiger partial charge in [0, 0.05) is 55.3 Å². The molecule has 7 rings (SSSR count). The number of ether oxygens (including phenoxy) is 3. The van der Waals surface area contributed by atoms with Crippen LogP contribution in [0.4, 0.5) is 14.6 Å². The summed E-state index contributed by atoms with van der Waals surface area (Å²) >= 11 is 0. The lowest BCUT2D eigenvalue weighted by Gasteiger charge is -2.30. The Bertz CT molecular complexity index is 2300. The lowest BCUT2D eigenvalue weighted by Crippen LogP contribution is -2.44. The monoisotopic (exact) mass is 834 g/mol. The van der Waals surface area contributed by atoms with Gasteiger partial charge in [-0.25, -0.2) is 13.3 Å². The molecule has 17 heteroatoms. The van der Waals surface area contributed by atoms with Crippen LogP contribution in [0.2, 0.25) is 0 Å². The largest absolute Gasteiger partial charge is 0.530 e. The number of hydrogen-bond donors (Lipinski definition) is 1. The average Bonchev–Trinajstić information content (AvgIpc) is 4.00. The van der Waals surface area contributed by atoms with Crippen molar-refractivity contribution in [2.45, 2.75) is 58.8 Å².